The molecule has 0 spiro atoms. The standard InChI is InChI=1S/C16H17NO4S2/c1-10-8-16(23(17,20)21)11(2)7-14(10)12-3-4-15-13(9-12)5-6-22(15,18)19/h3-4,7-9H,5-6H2,1-2H3,(H2,17,20,21). The second-order valence-corrected chi connectivity index (χ2v) is 9.48. The summed E-state index contributed by atoms with van der Waals surface area (Å²) in [6.07, 6.45) is 0.513. The molecule has 0 bridgehead atoms. The smallest absolute Gasteiger partial charge is 0.225 e. The van der Waals surface area contributed by atoms with Gasteiger partial charge >= 0.3 is 0 Å². The predicted octanol–water partition coefficient (Wildman–Crippen LogP) is 1.95. The lowest BCUT2D eigenvalue weighted by molar-refractivity contribution is 0.596. The van der Waals surface area contributed by atoms with Gasteiger partial charge in [-0.1, -0.05) is 6.07 Å². The van der Waals surface area contributed by atoms with Crippen molar-refractivity contribution in [2.45, 2.75) is 30.1 Å². The van der Waals surface area contributed by atoms with Gasteiger partial charge in [-0.2, -0.15) is 0 Å². The van der Waals surface area contributed by atoms with Gasteiger partial charge in [0.25, 0.3) is 0 Å². The summed E-state index contributed by atoms with van der Waals surface area (Å²) in [5.41, 5.74) is 3.92. The molecule has 0 saturated carbocycles. The molecule has 0 amide bonds. The number of fused-ring (bicyclic) bond motifs is 1. The van der Waals surface area contributed by atoms with Crippen LogP contribution in [0, 0.1) is 13.8 Å². The minimum absolute atomic E-state index is 0.113. The number of aryl methyl sites for hydroxylation is 3. The monoisotopic (exact) mass is 351 g/mol. The molecule has 0 aromatic heterocycles. The van der Waals surface area contributed by atoms with Crippen LogP contribution in [0.15, 0.2) is 40.1 Å². The minimum Gasteiger partial charge on any atom is -0.225 e. The Hall–Kier alpha value is -1.70. The molecule has 1 aliphatic heterocycles. The van der Waals surface area contributed by atoms with Crippen LogP contribution in [0.25, 0.3) is 11.1 Å². The summed E-state index contributed by atoms with van der Waals surface area (Å²) in [7, 11) is -6.90. The van der Waals surface area contributed by atoms with E-state index >= 15 is 0 Å². The van der Waals surface area contributed by atoms with Crippen molar-refractivity contribution in [1.82, 2.24) is 0 Å². The summed E-state index contributed by atoms with van der Waals surface area (Å²) in [6, 6.07) is 8.61. The van der Waals surface area contributed by atoms with E-state index in [1.807, 2.05) is 13.0 Å². The molecule has 0 atom stereocenters. The molecular weight excluding hydrogens is 334 g/mol. The molecule has 2 aromatic carbocycles. The van der Waals surface area contributed by atoms with Gasteiger partial charge in [0, 0.05) is 0 Å². The third-order valence-corrected chi connectivity index (χ3v) is 7.04. The first-order valence-electron chi connectivity index (χ1n) is 7.10. The fourth-order valence-corrected chi connectivity index (χ4v) is 5.40. The maximum Gasteiger partial charge on any atom is 0.238 e. The second-order valence-electron chi connectivity index (χ2n) is 5.87. The van der Waals surface area contributed by atoms with Gasteiger partial charge in [0.15, 0.2) is 9.84 Å². The Morgan fingerprint density at radius 2 is 1.74 bits per heavy atom. The highest BCUT2D eigenvalue weighted by Gasteiger charge is 2.26. The Balaban J connectivity index is 2.16. The Bertz CT molecular complexity index is 1020. The number of nitrogens with two attached hydrogens (primary N) is 1. The predicted molar refractivity (Wildman–Crippen MR) is 88.5 cm³/mol. The summed E-state index contributed by atoms with van der Waals surface area (Å²) >= 11 is 0. The largest absolute Gasteiger partial charge is 0.238 e. The van der Waals surface area contributed by atoms with Gasteiger partial charge in [-0.05, 0) is 72.4 Å². The van der Waals surface area contributed by atoms with Crippen LogP contribution in [-0.4, -0.2) is 22.6 Å². The third-order valence-electron chi connectivity index (χ3n) is 4.18. The molecule has 3 rings (SSSR count). The first-order valence-corrected chi connectivity index (χ1v) is 10.3. The molecule has 0 unspecified atom stereocenters. The molecule has 1 aliphatic rings. The summed E-state index contributed by atoms with van der Waals surface area (Å²) in [5, 5.41) is 5.22. The zero-order chi connectivity index (χ0) is 17.0. The summed E-state index contributed by atoms with van der Waals surface area (Å²) < 4.78 is 47.0. The SMILES string of the molecule is Cc1cc(S(N)(=O)=O)c(C)cc1-c1ccc2c(c1)CCS2(=O)=O. The van der Waals surface area contributed by atoms with E-state index in [2.05, 4.69) is 0 Å². The van der Waals surface area contributed by atoms with E-state index in [9.17, 15) is 16.8 Å². The highest BCUT2D eigenvalue weighted by Crippen LogP contribution is 2.33. The molecule has 5 nitrogen and oxygen atoms in total. The van der Waals surface area contributed by atoms with Crippen LogP contribution in [0.5, 0.6) is 0 Å². The lowest BCUT2D eigenvalue weighted by Gasteiger charge is -2.12. The average molecular weight is 351 g/mol. The van der Waals surface area contributed by atoms with Gasteiger partial charge < -0.3 is 0 Å². The minimum atomic E-state index is -3.76. The van der Waals surface area contributed by atoms with Gasteiger partial charge in [0.2, 0.25) is 10.0 Å². The van der Waals surface area contributed by atoms with E-state index in [1.54, 1.807) is 31.2 Å². The lowest BCUT2D eigenvalue weighted by atomic mass is 9.96. The normalized spacial score (nSPS) is 16.3. The quantitative estimate of drug-likeness (QED) is 0.894. The van der Waals surface area contributed by atoms with Gasteiger partial charge in [0.1, 0.15) is 0 Å². The van der Waals surface area contributed by atoms with E-state index < -0.39 is 19.9 Å². The Morgan fingerprint density at radius 3 is 2.39 bits per heavy atom. The van der Waals surface area contributed by atoms with Crippen LogP contribution in [-0.2, 0) is 26.3 Å². The van der Waals surface area contributed by atoms with Crippen molar-refractivity contribution in [3.63, 3.8) is 0 Å². The van der Waals surface area contributed by atoms with Crippen LogP contribution >= 0.6 is 0 Å². The van der Waals surface area contributed by atoms with Gasteiger partial charge in [-0.15, -0.1) is 0 Å². The summed E-state index contributed by atoms with van der Waals surface area (Å²) in [5.74, 6) is 0.147. The zero-order valence-corrected chi connectivity index (χ0v) is 14.5. The van der Waals surface area contributed by atoms with Crippen molar-refractivity contribution < 1.29 is 16.8 Å². The number of hydrogen-bond donors (Lipinski definition) is 1. The first kappa shape index (κ1) is 16.2. The van der Waals surface area contributed by atoms with Crippen molar-refractivity contribution in [2.24, 2.45) is 5.14 Å². The lowest BCUT2D eigenvalue weighted by Crippen LogP contribution is -2.14. The van der Waals surface area contributed by atoms with Crippen molar-refractivity contribution in [3.8, 4) is 11.1 Å². The fourth-order valence-electron chi connectivity index (χ4n) is 3.01. The first-order chi connectivity index (χ1) is 10.6. The molecular formula is C16H17NO4S2. The van der Waals surface area contributed by atoms with Crippen molar-refractivity contribution in [2.75, 3.05) is 5.75 Å². The molecule has 2 aromatic rings. The second kappa shape index (κ2) is 5.15. The Labute approximate surface area is 136 Å². The number of sulfonamides is 1. The van der Waals surface area contributed by atoms with Crippen LogP contribution in [0.2, 0.25) is 0 Å². The highest BCUT2D eigenvalue weighted by atomic mass is 32.2. The van der Waals surface area contributed by atoms with E-state index in [4.69, 9.17) is 5.14 Å². The summed E-state index contributed by atoms with van der Waals surface area (Å²) in [4.78, 5) is 0.513. The molecule has 0 radical (unpaired) electrons. The van der Waals surface area contributed by atoms with E-state index in [0.29, 0.717) is 16.9 Å². The van der Waals surface area contributed by atoms with Crippen LogP contribution in [0.4, 0.5) is 0 Å². The number of benzene rings is 2. The van der Waals surface area contributed by atoms with Crippen molar-refractivity contribution >= 4 is 19.9 Å². The molecule has 0 fully saturated rings. The molecule has 122 valence electrons. The van der Waals surface area contributed by atoms with Crippen LogP contribution in [0.1, 0.15) is 16.7 Å². The van der Waals surface area contributed by atoms with Gasteiger partial charge in [-0.3, -0.25) is 0 Å². The highest BCUT2D eigenvalue weighted by molar-refractivity contribution is 7.91. The number of sulfone groups is 1. The molecule has 0 aliphatic carbocycles. The van der Waals surface area contributed by atoms with E-state index in [1.165, 1.54) is 0 Å². The zero-order valence-electron chi connectivity index (χ0n) is 12.8. The maximum atomic E-state index is 11.9. The average Bonchev–Trinajstić information content (AvgIpc) is 2.75. The number of hydrogen-bond acceptors (Lipinski definition) is 4. The third kappa shape index (κ3) is 2.80. The summed E-state index contributed by atoms with van der Waals surface area (Å²) in [6.45, 7) is 3.51. The fraction of sp³-hybridized carbons (Fsp3) is 0.250. The van der Waals surface area contributed by atoms with Crippen LogP contribution < -0.4 is 5.14 Å². The molecule has 7 heteroatoms. The number of primary sulfonamides is 1. The molecule has 23 heavy (non-hydrogen) atoms. The Morgan fingerprint density at radius 1 is 1.04 bits per heavy atom. The van der Waals surface area contributed by atoms with Gasteiger partial charge in [-0.25, -0.2) is 22.0 Å². The Kier molecular flexibility index (Phi) is 3.62. The molecule has 2 N–H and O–H groups in total. The topological polar surface area (TPSA) is 94.3 Å². The molecule has 1 heterocycles. The van der Waals surface area contributed by atoms with Crippen molar-refractivity contribution in [1.29, 1.82) is 0 Å². The maximum absolute atomic E-state index is 11.9. The molecule has 0 saturated heterocycles. The van der Waals surface area contributed by atoms with Crippen LogP contribution in [0.3, 0.4) is 0 Å². The number of rotatable bonds is 2. The van der Waals surface area contributed by atoms with E-state index in [-0.39, 0.29) is 10.6 Å². The van der Waals surface area contributed by atoms with Gasteiger partial charge in [0.05, 0.1) is 15.5 Å². The van der Waals surface area contributed by atoms with Crippen molar-refractivity contribution in [3.05, 3.63) is 47.0 Å². The van der Waals surface area contributed by atoms with E-state index in [0.717, 1.165) is 22.3 Å².